The van der Waals surface area contributed by atoms with Gasteiger partial charge in [-0.15, -0.1) is 0 Å². The number of nitrogens with one attached hydrogen (secondary N) is 2. The lowest BCUT2D eigenvalue weighted by molar-refractivity contribution is -0.122. The third kappa shape index (κ3) is 2.60. The highest BCUT2D eigenvalue weighted by atomic mass is 79.9. The Morgan fingerprint density at radius 2 is 2.05 bits per heavy atom. The van der Waals surface area contributed by atoms with Crippen molar-refractivity contribution in [1.29, 1.82) is 0 Å². The molecule has 0 aliphatic heterocycles. The minimum absolute atomic E-state index is 0.0594. The monoisotopic (exact) mass is 346 g/mol. The van der Waals surface area contributed by atoms with Crippen LogP contribution in [0.25, 0.3) is 0 Å². The van der Waals surface area contributed by atoms with Crippen LogP contribution < -0.4 is 5.32 Å². The molecule has 1 aromatic carbocycles. The second-order valence-corrected chi connectivity index (χ2v) is 6.74. The number of aromatic amines is 1. The fourth-order valence-corrected chi connectivity index (χ4v) is 3.17. The normalized spacial score (nSPS) is 30.0. The number of aromatic nitrogens is 3. The summed E-state index contributed by atoms with van der Waals surface area (Å²) in [7, 11) is 0. The van der Waals surface area contributed by atoms with Gasteiger partial charge in [0.05, 0.1) is 0 Å². The third-order valence-electron chi connectivity index (χ3n) is 4.33. The van der Waals surface area contributed by atoms with Crippen LogP contribution in [-0.4, -0.2) is 27.1 Å². The summed E-state index contributed by atoms with van der Waals surface area (Å²) in [5.41, 5.74) is 1.30. The van der Waals surface area contributed by atoms with Crippen LogP contribution in [0.15, 0.2) is 35.1 Å². The molecule has 5 nitrogen and oxygen atoms in total. The number of benzene rings is 1. The van der Waals surface area contributed by atoms with Gasteiger partial charge in [-0.3, -0.25) is 9.89 Å². The Hall–Kier alpha value is -1.69. The van der Waals surface area contributed by atoms with Crippen molar-refractivity contribution < 1.29 is 4.79 Å². The maximum Gasteiger partial charge on any atom is 0.224 e. The van der Waals surface area contributed by atoms with Gasteiger partial charge in [0, 0.05) is 28.3 Å². The third-order valence-corrected chi connectivity index (χ3v) is 4.86. The highest BCUT2D eigenvalue weighted by Crippen LogP contribution is 2.47. The molecule has 108 valence electrons. The smallest absolute Gasteiger partial charge is 0.224 e. The van der Waals surface area contributed by atoms with Crippen LogP contribution in [0, 0.1) is 5.92 Å². The van der Waals surface area contributed by atoms with Crippen molar-refractivity contribution in [3.8, 4) is 0 Å². The highest BCUT2D eigenvalue weighted by molar-refractivity contribution is 9.10. The SMILES string of the molecule is O=C(N[C@@H]1C[C@H]1c1ccc(Br)cc1)C1CC1c1ncn[nH]1. The average Bonchev–Trinajstić information content (AvgIpc) is 3.38. The van der Waals surface area contributed by atoms with Crippen LogP contribution in [0.2, 0.25) is 0 Å². The molecule has 0 bridgehead atoms. The van der Waals surface area contributed by atoms with Gasteiger partial charge in [0.25, 0.3) is 0 Å². The number of halogens is 1. The molecule has 2 fully saturated rings. The molecular weight excluding hydrogens is 332 g/mol. The summed E-state index contributed by atoms with van der Waals surface area (Å²) in [5.74, 6) is 1.72. The second-order valence-electron chi connectivity index (χ2n) is 5.83. The highest BCUT2D eigenvalue weighted by Gasteiger charge is 2.48. The maximum absolute atomic E-state index is 12.2. The zero-order chi connectivity index (χ0) is 14.4. The molecule has 4 rings (SSSR count). The fraction of sp³-hybridized carbons (Fsp3) is 0.400. The zero-order valence-electron chi connectivity index (χ0n) is 11.3. The Morgan fingerprint density at radius 1 is 1.24 bits per heavy atom. The van der Waals surface area contributed by atoms with E-state index in [2.05, 4.69) is 48.6 Å². The minimum atomic E-state index is 0.0594. The largest absolute Gasteiger partial charge is 0.352 e. The van der Waals surface area contributed by atoms with E-state index in [0.29, 0.717) is 5.92 Å². The van der Waals surface area contributed by atoms with Gasteiger partial charge in [0.2, 0.25) is 5.91 Å². The van der Waals surface area contributed by atoms with E-state index in [9.17, 15) is 4.79 Å². The number of rotatable bonds is 4. The molecule has 0 radical (unpaired) electrons. The van der Waals surface area contributed by atoms with Crippen LogP contribution in [0.1, 0.15) is 36.1 Å². The maximum atomic E-state index is 12.2. The van der Waals surface area contributed by atoms with Crippen molar-refractivity contribution in [2.45, 2.75) is 30.7 Å². The molecule has 2 N–H and O–H groups in total. The Bertz CT molecular complexity index is 655. The van der Waals surface area contributed by atoms with Gasteiger partial charge >= 0.3 is 0 Å². The molecule has 0 saturated heterocycles. The first-order valence-electron chi connectivity index (χ1n) is 7.13. The van der Waals surface area contributed by atoms with Crippen molar-refractivity contribution in [3.63, 3.8) is 0 Å². The number of carbonyl (C=O) groups is 1. The van der Waals surface area contributed by atoms with E-state index in [4.69, 9.17) is 0 Å². The molecule has 2 aromatic rings. The summed E-state index contributed by atoms with van der Waals surface area (Å²) in [6.45, 7) is 0. The van der Waals surface area contributed by atoms with Gasteiger partial charge in [-0.2, -0.15) is 5.10 Å². The lowest BCUT2D eigenvalue weighted by Crippen LogP contribution is -2.28. The summed E-state index contributed by atoms with van der Waals surface area (Å²) < 4.78 is 1.08. The number of amides is 1. The lowest BCUT2D eigenvalue weighted by atomic mass is 10.1. The first kappa shape index (κ1) is 13.0. The predicted octanol–water partition coefficient (Wildman–Crippen LogP) is 2.34. The fourth-order valence-electron chi connectivity index (χ4n) is 2.90. The molecule has 2 saturated carbocycles. The molecule has 1 heterocycles. The molecule has 2 aliphatic carbocycles. The van der Waals surface area contributed by atoms with E-state index in [-0.39, 0.29) is 23.8 Å². The van der Waals surface area contributed by atoms with Crippen molar-refractivity contribution in [3.05, 3.63) is 46.5 Å². The van der Waals surface area contributed by atoms with Gasteiger partial charge in [0.1, 0.15) is 12.2 Å². The van der Waals surface area contributed by atoms with Crippen LogP contribution in [0.4, 0.5) is 0 Å². The van der Waals surface area contributed by atoms with Gasteiger partial charge < -0.3 is 5.32 Å². The Labute approximate surface area is 130 Å². The Morgan fingerprint density at radius 3 is 2.76 bits per heavy atom. The summed E-state index contributed by atoms with van der Waals surface area (Å²) in [6.07, 6.45) is 3.40. The van der Waals surface area contributed by atoms with Crippen molar-refractivity contribution in [2.24, 2.45) is 5.92 Å². The lowest BCUT2D eigenvalue weighted by Gasteiger charge is -2.04. The summed E-state index contributed by atoms with van der Waals surface area (Å²) in [6, 6.07) is 8.63. The quantitative estimate of drug-likeness (QED) is 0.892. The Kier molecular flexibility index (Phi) is 3.06. The number of nitrogens with zero attached hydrogens (tertiary/aromatic N) is 2. The molecule has 21 heavy (non-hydrogen) atoms. The molecule has 1 amide bonds. The number of carbonyl (C=O) groups excluding carboxylic acids is 1. The minimum Gasteiger partial charge on any atom is -0.352 e. The molecule has 1 aromatic heterocycles. The number of hydrogen-bond donors (Lipinski definition) is 2. The van der Waals surface area contributed by atoms with Gasteiger partial charge in [-0.25, -0.2) is 4.98 Å². The van der Waals surface area contributed by atoms with Crippen LogP contribution in [0.3, 0.4) is 0 Å². The van der Waals surface area contributed by atoms with Gasteiger partial charge in [-0.05, 0) is 30.5 Å². The van der Waals surface area contributed by atoms with Crippen LogP contribution in [-0.2, 0) is 4.79 Å². The summed E-state index contributed by atoms with van der Waals surface area (Å²) in [4.78, 5) is 16.3. The van der Waals surface area contributed by atoms with Crippen molar-refractivity contribution in [2.75, 3.05) is 0 Å². The number of H-pyrrole nitrogens is 1. The Balaban J connectivity index is 1.32. The van der Waals surface area contributed by atoms with Gasteiger partial charge in [0.15, 0.2) is 0 Å². The van der Waals surface area contributed by atoms with E-state index in [0.717, 1.165) is 23.1 Å². The topological polar surface area (TPSA) is 70.7 Å². The molecule has 6 heteroatoms. The second kappa shape index (κ2) is 4.94. The van der Waals surface area contributed by atoms with E-state index >= 15 is 0 Å². The standard InChI is InChI=1S/C15H15BrN4O/c16-9-3-1-8(2-4-9)10-6-13(10)19-15(21)12-5-11(12)14-17-7-18-20-14/h1-4,7,10-13H,5-6H2,(H,19,21)(H,17,18,20)/t10-,11?,12?,13+/m0/s1. The molecule has 4 atom stereocenters. The zero-order valence-corrected chi connectivity index (χ0v) is 12.9. The van der Waals surface area contributed by atoms with E-state index in [1.807, 2.05) is 12.1 Å². The number of hydrogen-bond acceptors (Lipinski definition) is 3. The van der Waals surface area contributed by atoms with E-state index in [1.54, 1.807) is 0 Å². The summed E-state index contributed by atoms with van der Waals surface area (Å²) >= 11 is 3.44. The average molecular weight is 347 g/mol. The first-order valence-corrected chi connectivity index (χ1v) is 7.93. The molecule has 2 unspecified atom stereocenters. The molecule has 0 spiro atoms. The van der Waals surface area contributed by atoms with Crippen LogP contribution >= 0.6 is 15.9 Å². The molecule has 2 aliphatic rings. The van der Waals surface area contributed by atoms with Gasteiger partial charge in [-0.1, -0.05) is 28.1 Å². The molecular formula is C15H15BrN4O. The predicted molar refractivity (Wildman–Crippen MR) is 80.7 cm³/mol. The van der Waals surface area contributed by atoms with Crippen molar-refractivity contribution in [1.82, 2.24) is 20.5 Å². The van der Waals surface area contributed by atoms with Crippen molar-refractivity contribution >= 4 is 21.8 Å². The summed E-state index contributed by atoms with van der Waals surface area (Å²) in [5, 5.41) is 9.84. The van der Waals surface area contributed by atoms with E-state index < -0.39 is 0 Å². The first-order chi connectivity index (χ1) is 10.2. The van der Waals surface area contributed by atoms with E-state index in [1.165, 1.54) is 11.9 Å². The van der Waals surface area contributed by atoms with Crippen LogP contribution in [0.5, 0.6) is 0 Å².